The van der Waals surface area contributed by atoms with E-state index in [1.165, 1.54) is 18.2 Å². The van der Waals surface area contributed by atoms with Gasteiger partial charge in [0.05, 0.1) is 10.6 Å². The van der Waals surface area contributed by atoms with Crippen molar-refractivity contribution in [2.24, 2.45) is 0 Å². The zero-order valence-corrected chi connectivity index (χ0v) is 12.0. The van der Waals surface area contributed by atoms with Crippen molar-refractivity contribution in [3.8, 4) is 11.5 Å². The van der Waals surface area contributed by atoms with Gasteiger partial charge < -0.3 is 9.84 Å². The molecule has 104 valence electrons. The number of carboxylic acid groups (broad SMARTS) is 1. The first-order valence-corrected chi connectivity index (χ1v) is 6.41. The molecule has 3 nitrogen and oxygen atoms in total. The maximum atomic E-state index is 13.5. The third kappa shape index (κ3) is 3.08. The lowest BCUT2D eigenvalue weighted by Gasteiger charge is -2.10. The number of hydrogen-bond acceptors (Lipinski definition) is 2. The molecule has 0 unspecified atom stereocenters. The standard InChI is InChI=1S/C13H6BrClF2O3/c14-7-4-9(16)12(17)11(5-7)20-10-2-1-6(13(18)19)3-8(10)15/h1-5H,(H,18,19). The van der Waals surface area contributed by atoms with Gasteiger partial charge in [0.1, 0.15) is 5.75 Å². The summed E-state index contributed by atoms with van der Waals surface area (Å²) in [5.74, 6) is -3.73. The Bertz CT molecular complexity index is 692. The molecule has 0 spiro atoms. The molecule has 2 aromatic carbocycles. The Balaban J connectivity index is 2.38. The molecule has 0 saturated heterocycles. The van der Waals surface area contributed by atoms with Crippen LogP contribution in [0.2, 0.25) is 5.02 Å². The third-order valence-corrected chi connectivity index (χ3v) is 3.11. The monoisotopic (exact) mass is 362 g/mol. The first-order valence-electron chi connectivity index (χ1n) is 5.23. The van der Waals surface area contributed by atoms with Gasteiger partial charge in [0.2, 0.25) is 5.82 Å². The third-order valence-electron chi connectivity index (χ3n) is 2.36. The van der Waals surface area contributed by atoms with Gasteiger partial charge >= 0.3 is 5.97 Å². The number of aromatic carboxylic acids is 1. The SMILES string of the molecule is O=C(O)c1ccc(Oc2cc(Br)cc(F)c2F)c(Cl)c1. The predicted octanol–water partition coefficient (Wildman–Crippen LogP) is 4.87. The average molecular weight is 364 g/mol. The van der Waals surface area contributed by atoms with Crippen LogP contribution in [-0.2, 0) is 0 Å². The topological polar surface area (TPSA) is 46.5 Å². The van der Waals surface area contributed by atoms with Crippen LogP contribution in [-0.4, -0.2) is 11.1 Å². The molecular formula is C13H6BrClF2O3. The normalized spacial score (nSPS) is 10.4. The van der Waals surface area contributed by atoms with Crippen LogP contribution < -0.4 is 4.74 Å². The largest absolute Gasteiger partial charge is 0.478 e. The van der Waals surface area contributed by atoms with E-state index in [1.807, 2.05) is 0 Å². The first-order chi connectivity index (χ1) is 9.38. The minimum atomic E-state index is -1.16. The molecule has 0 aliphatic rings. The van der Waals surface area contributed by atoms with Gasteiger partial charge in [-0.2, -0.15) is 4.39 Å². The lowest BCUT2D eigenvalue weighted by molar-refractivity contribution is 0.0697. The second kappa shape index (κ2) is 5.76. The molecular weight excluding hydrogens is 357 g/mol. The summed E-state index contributed by atoms with van der Waals surface area (Å²) in [5, 5.41) is 8.77. The highest BCUT2D eigenvalue weighted by Gasteiger charge is 2.14. The van der Waals surface area contributed by atoms with E-state index in [0.717, 1.165) is 12.1 Å². The Kier molecular flexibility index (Phi) is 4.25. The second-order valence-electron chi connectivity index (χ2n) is 3.75. The van der Waals surface area contributed by atoms with Crippen molar-refractivity contribution in [1.29, 1.82) is 0 Å². The fraction of sp³-hybridized carbons (Fsp3) is 0. The van der Waals surface area contributed by atoms with E-state index in [4.69, 9.17) is 21.4 Å². The van der Waals surface area contributed by atoms with Crippen molar-refractivity contribution in [2.45, 2.75) is 0 Å². The molecule has 2 rings (SSSR count). The van der Waals surface area contributed by atoms with Gasteiger partial charge in [-0.25, -0.2) is 9.18 Å². The minimum absolute atomic E-state index is 0.0214. The van der Waals surface area contributed by atoms with E-state index in [1.54, 1.807) is 0 Å². The van der Waals surface area contributed by atoms with Crippen LogP contribution >= 0.6 is 27.5 Å². The molecule has 0 heterocycles. The zero-order valence-electron chi connectivity index (χ0n) is 9.66. The van der Waals surface area contributed by atoms with Crippen LogP contribution in [0.4, 0.5) is 8.78 Å². The average Bonchev–Trinajstić information content (AvgIpc) is 2.37. The fourth-order valence-corrected chi connectivity index (χ4v) is 2.07. The molecule has 0 atom stereocenters. The lowest BCUT2D eigenvalue weighted by Crippen LogP contribution is -1.97. The van der Waals surface area contributed by atoms with Crippen molar-refractivity contribution in [3.05, 3.63) is 57.0 Å². The van der Waals surface area contributed by atoms with Crippen molar-refractivity contribution in [3.63, 3.8) is 0 Å². The van der Waals surface area contributed by atoms with Crippen LogP contribution in [0.15, 0.2) is 34.8 Å². The molecule has 0 amide bonds. The summed E-state index contributed by atoms with van der Waals surface area (Å²) in [6.45, 7) is 0. The Morgan fingerprint density at radius 2 is 1.90 bits per heavy atom. The Hall–Kier alpha value is -1.66. The summed E-state index contributed by atoms with van der Waals surface area (Å²) in [4.78, 5) is 10.8. The van der Waals surface area contributed by atoms with Gasteiger partial charge in [-0.1, -0.05) is 27.5 Å². The number of rotatable bonds is 3. The van der Waals surface area contributed by atoms with E-state index in [0.29, 0.717) is 4.47 Å². The molecule has 0 fully saturated rings. The van der Waals surface area contributed by atoms with Crippen LogP contribution in [0, 0.1) is 11.6 Å². The molecule has 1 N–H and O–H groups in total. The lowest BCUT2D eigenvalue weighted by atomic mass is 10.2. The number of ether oxygens (including phenoxy) is 1. The summed E-state index contributed by atoms with van der Waals surface area (Å²) in [5.41, 5.74) is -0.0387. The van der Waals surface area contributed by atoms with E-state index >= 15 is 0 Å². The molecule has 0 aromatic heterocycles. The Morgan fingerprint density at radius 1 is 1.20 bits per heavy atom. The summed E-state index contributed by atoms with van der Waals surface area (Å²) in [6, 6.07) is 5.86. The highest BCUT2D eigenvalue weighted by molar-refractivity contribution is 9.10. The van der Waals surface area contributed by atoms with Gasteiger partial charge in [0.25, 0.3) is 0 Å². The number of benzene rings is 2. The summed E-state index contributed by atoms with van der Waals surface area (Å²) in [7, 11) is 0. The van der Waals surface area contributed by atoms with E-state index in [2.05, 4.69) is 15.9 Å². The van der Waals surface area contributed by atoms with E-state index in [9.17, 15) is 13.6 Å². The molecule has 0 radical (unpaired) electrons. The van der Waals surface area contributed by atoms with Crippen molar-refractivity contribution in [2.75, 3.05) is 0 Å². The number of carboxylic acids is 1. The van der Waals surface area contributed by atoms with Crippen LogP contribution in [0.3, 0.4) is 0 Å². The Labute approximate surface area is 125 Å². The van der Waals surface area contributed by atoms with Crippen molar-refractivity contribution >= 4 is 33.5 Å². The summed E-state index contributed by atoms with van der Waals surface area (Å²) >= 11 is 8.85. The maximum Gasteiger partial charge on any atom is 0.335 e. The van der Waals surface area contributed by atoms with Crippen LogP contribution in [0.1, 0.15) is 10.4 Å². The van der Waals surface area contributed by atoms with Gasteiger partial charge in [0.15, 0.2) is 11.6 Å². The zero-order chi connectivity index (χ0) is 14.9. The molecule has 20 heavy (non-hydrogen) atoms. The van der Waals surface area contributed by atoms with E-state index < -0.39 is 17.6 Å². The van der Waals surface area contributed by atoms with Gasteiger partial charge in [0, 0.05) is 4.47 Å². The molecule has 7 heteroatoms. The first kappa shape index (κ1) is 14.7. The Morgan fingerprint density at radius 3 is 2.50 bits per heavy atom. The minimum Gasteiger partial charge on any atom is -0.478 e. The molecule has 0 saturated carbocycles. The maximum absolute atomic E-state index is 13.5. The van der Waals surface area contributed by atoms with Crippen LogP contribution in [0.5, 0.6) is 11.5 Å². The predicted molar refractivity (Wildman–Crippen MR) is 72.5 cm³/mol. The quantitative estimate of drug-likeness (QED) is 0.791. The number of hydrogen-bond donors (Lipinski definition) is 1. The molecule has 2 aromatic rings. The highest BCUT2D eigenvalue weighted by Crippen LogP contribution is 2.33. The molecule has 0 aliphatic heterocycles. The molecule has 0 aliphatic carbocycles. The summed E-state index contributed by atoms with van der Waals surface area (Å²) in [6.07, 6.45) is 0. The number of halogens is 4. The van der Waals surface area contributed by atoms with E-state index in [-0.39, 0.29) is 22.1 Å². The van der Waals surface area contributed by atoms with Gasteiger partial charge in [-0.15, -0.1) is 0 Å². The smallest absolute Gasteiger partial charge is 0.335 e. The number of carbonyl (C=O) groups is 1. The van der Waals surface area contributed by atoms with Crippen LogP contribution in [0.25, 0.3) is 0 Å². The summed E-state index contributed by atoms with van der Waals surface area (Å²) < 4.78 is 32.2. The van der Waals surface area contributed by atoms with Crippen molar-refractivity contribution < 1.29 is 23.4 Å². The second-order valence-corrected chi connectivity index (χ2v) is 5.08. The fourth-order valence-electron chi connectivity index (χ4n) is 1.44. The van der Waals surface area contributed by atoms with Crippen molar-refractivity contribution in [1.82, 2.24) is 0 Å². The highest BCUT2D eigenvalue weighted by atomic mass is 79.9. The molecule has 0 bridgehead atoms. The van der Waals surface area contributed by atoms with Gasteiger partial charge in [-0.3, -0.25) is 0 Å². The van der Waals surface area contributed by atoms with Gasteiger partial charge in [-0.05, 0) is 30.3 Å².